The highest BCUT2D eigenvalue weighted by Crippen LogP contribution is 2.22. The third kappa shape index (κ3) is 4.98. The number of hydrogen-bond donors (Lipinski definition) is 1. The average molecular weight is 423 g/mol. The van der Waals surface area contributed by atoms with E-state index in [9.17, 15) is 22.0 Å². The topological polar surface area (TPSA) is 69.7 Å². The van der Waals surface area contributed by atoms with E-state index in [1.807, 2.05) is 17.9 Å². The predicted octanol–water partition coefficient (Wildman–Crippen LogP) is 2.53. The van der Waals surface area contributed by atoms with Crippen molar-refractivity contribution in [3.63, 3.8) is 0 Å². The number of benzene rings is 2. The fourth-order valence-electron chi connectivity index (χ4n) is 3.33. The van der Waals surface area contributed by atoms with Crippen LogP contribution in [0.3, 0.4) is 0 Å². The highest BCUT2D eigenvalue weighted by Gasteiger charge is 2.30. The van der Waals surface area contributed by atoms with Crippen LogP contribution in [0.4, 0.5) is 14.5 Å². The number of sulfonamides is 1. The van der Waals surface area contributed by atoms with Crippen molar-refractivity contribution < 1.29 is 22.0 Å². The molecule has 0 aromatic heterocycles. The van der Waals surface area contributed by atoms with Gasteiger partial charge in [0, 0.05) is 37.9 Å². The van der Waals surface area contributed by atoms with Crippen LogP contribution >= 0.6 is 0 Å². The highest BCUT2D eigenvalue weighted by atomic mass is 32.2. The number of nitrogens with zero attached hydrogens (tertiary/aromatic N) is 2. The molecule has 29 heavy (non-hydrogen) atoms. The number of rotatable bonds is 5. The fraction of sp³-hybridized carbons (Fsp3) is 0.350. The normalized spacial score (nSPS) is 16.0. The van der Waals surface area contributed by atoms with Gasteiger partial charge in [0.15, 0.2) is 11.6 Å². The van der Waals surface area contributed by atoms with E-state index < -0.39 is 21.7 Å². The first kappa shape index (κ1) is 21.4. The van der Waals surface area contributed by atoms with Crippen molar-refractivity contribution in [1.82, 2.24) is 9.21 Å². The largest absolute Gasteiger partial charge is 0.325 e. The van der Waals surface area contributed by atoms with Gasteiger partial charge in [-0.1, -0.05) is 17.7 Å². The number of nitrogens with one attached hydrogen (secondary N) is 1. The Labute approximate surface area is 169 Å². The van der Waals surface area contributed by atoms with Gasteiger partial charge < -0.3 is 5.32 Å². The molecule has 2 aromatic carbocycles. The van der Waals surface area contributed by atoms with Crippen LogP contribution < -0.4 is 5.32 Å². The first-order valence-corrected chi connectivity index (χ1v) is 10.7. The lowest BCUT2D eigenvalue weighted by Crippen LogP contribution is -2.50. The van der Waals surface area contributed by atoms with Crippen LogP contribution in [0.15, 0.2) is 41.3 Å². The smallest absolute Gasteiger partial charge is 0.243 e. The molecule has 1 fully saturated rings. The number of anilines is 1. The van der Waals surface area contributed by atoms with Crippen molar-refractivity contribution in [3.8, 4) is 0 Å². The summed E-state index contributed by atoms with van der Waals surface area (Å²) >= 11 is 0. The molecule has 0 saturated carbocycles. The molecule has 0 spiro atoms. The fourth-order valence-corrected chi connectivity index (χ4v) is 4.96. The second-order valence-electron chi connectivity index (χ2n) is 7.13. The molecule has 1 aliphatic heterocycles. The highest BCUT2D eigenvalue weighted by molar-refractivity contribution is 7.89. The Balaban J connectivity index is 1.57. The van der Waals surface area contributed by atoms with E-state index in [0.717, 1.165) is 17.7 Å². The van der Waals surface area contributed by atoms with Crippen molar-refractivity contribution in [2.75, 3.05) is 38.0 Å². The first-order chi connectivity index (χ1) is 13.7. The molecule has 156 valence electrons. The van der Waals surface area contributed by atoms with Gasteiger partial charge in [0.25, 0.3) is 0 Å². The Kier molecular flexibility index (Phi) is 6.30. The van der Waals surface area contributed by atoms with Gasteiger partial charge in [0.05, 0.1) is 11.4 Å². The van der Waals surface area contributed by atoms with Crippen molar-refractivity contribution in [2.24, 2.45) is 0 Å². The van der Waals surface area contributed by atoms with Crippen molar-refractivity contribution >= 4 is 21.6 Å². The maximum Gasteiger partial charge on any atom is 0.243 e. The van der Waals surface area contributed by atoms with E-state index in [1.54, 1.807) is 19.1 Å². The molecular weight excluding hydrogens is 400 g/mol. The number of carbonyl (C=O) groups is 1. The van der Waals surface area contributed by atoms with E-state index in [1.165, 1.54) is 10.4 Å². The molecule has 1 aliphatic rings. The molecule has 9 heteroatoms. The van der Waals surface area contributed by atoms with Crippen molar-refractivity contribution in [3.05, 3.63) is 59.2 Å². The summed E-state index contributed by atoms with van der Waals surface area (Å²) in [5.74, 6) is -2.39. The van der Waals surface area contributed by atoms with Gasteiger partial charge in [0.1, 0.15) is 0 Å². The number of hydrogen-bond acceptors (Lipinski definition) is 4. The van der Waals surface area contributed by atoms with Gasteiger partial charge in [0.2, 0.25) is 15.9 Å². The number of carbonyl (C=O) groups excluding carboxylic acids is 1. The van der Waals surface area contributed by atoms with E-state index >= 15 is 0 Å². The molecule has 0 unspecified atom stereocenters. The molecule has 1 heterocycles. The molecule has 1 amide bonds. The van der Waals surface area contributed by atoms with Gasteiger partial charge in [-0.2, -0.15) is 4.31 Å². The molecule has 0 radical (unpaired) electrons. The summed E-state index contributed by atoms with van der Waals surface area (Å²) in [4.78, 5) is 14.3. The summed E-state index contributed by atoms with van der Waals surface area (Å²) in [6.07, 6.45) is 0. The minimum Gasteiger partial charge on any atom is -0.325 e. The lowest BCUT2D eigenvalue weighted by Gasteiger charge is -2.33. The maximum absolute atomic E-state index is 13.2. The summed E-state index contributed by atoms with van der Waals surface area (Å²) < 4.78 is 53.4. The molecule has 3 rings (SSSR count). The van der Waals surface area contributed by atoms with Crippen molar-refractivity contribution in [2.45, 2.75) is 18.7 Å². The van der Waals surface area contributed by atoms with E-state index in [2.05, 4.69) is 5.32 Å². The SMILES string of the molecule is Cc1ccc(S(=O)(=O)N2CCN(CC(=O)Nc3ccc(F)c(F)c3)CC2)c(C)c1. The Morgan fingerprint density at radius 2 is 1.69 bits per heavy atom. The first-order valence-electron chi connectivity index (χ1n) is 9.21. The minimum atomic E-state index is -3.59. The number of piperazine rings is 1. The average Bonchev–Trinajstić information content (AvgIpc) is 2.65. The van der Waals surface area contributed by atoms with Gasteiger partial charge in [-0.05, 0) is 37.6 Å². The molecule has 1 N–H and O–H groups in total. The van der Waals surface area contributed by atoms with Crippen LogP contribution in [-0.2, 0) is 14.8 Å². The van der Waals surface area contributed by atoms with E-state index in [0.29, 0.717) is 23.5 Å². The molecule has 0 atom stereocenters. The summed E-state index contributed by atoms with van der Waals surface area (Å²) in [7, 11) is -3.59. The molecule has 2 aromatic rings. The van der Waals surface area contributed by atoms with Crippen LogP contribution in [0.5, 0.6) is 0 Å². The molecule has 6 nitrogen and oxygen atoms in total. The van der Waals surface area contributed by atoms with Gasteiger partial charge >= 0.3 is 0 Å². The zero-order valence-electron chi connectivity index (χ0n) is 16.3. The minimum absolute atomic E-state index is 0.0381. The van der Waals surface area contributed by atoms with Gasteiger partial charge in [-0.15, -0.1) is 0 Å². The van der Waals surface area contributed by atoms with Crippen LogP contribution in [0, 0.1) is 25.5 Å². The Morgan fingerprint density at radius 1 is 1.00 bits per heavy atom. The van der Waals surface area contributed by atoms with Crippen molar-refractivity contribution in [1.29, 1.82) is 0 Å². The van der Waals surface area contributed by atoms with Crippen LogP contribution in [-0.4, -0.2) is 56.3 Å². The molecule has 1 saturated heterocycles. The summed E-state index contributed by atoms with van der Waals surface area (Å²) in [5.41, 5.74) is 1.88. The summed E-state index contributed by atoms with van der Waals surface area (Å²) in [6, 6.07) is 8.39. The third-order valence-electron chi connectivity index (χ3n) is 4.85. The van der Waals surface area contributed by atoms with Gasteiger partial charge in [-0.25, -0.2) is 17.2 Å². The van der Waals surface area contributed by atoms with E-state index in [4.69, 9.17) is 0 Å². The maximum atomic E-state index is 13.2. The zero-order chi connectivity index (χ0) is 21.2. The Morgan fingerprint density at radius 3 is 2.31 bits per heavy atom. The molecule has 0 aliphatic carbocycles. The van der Waals surface area contributed by atoms with E-state index in [-0.39, 0.29) is 31.2 Å². The zero-order valence-corrected chi connectivity index (χ0v) is 17.1. The third-order valence-corrected chi connectivity index (χ3v) is 6.91. The number of halogens is 2. The second-order valence-corrected chi connectivity index (χ2v) is 9.03. The standard InChI is InChI=1S/C20H23F2N3O3S/c1-14-3-6-19(15(2)11-14)29(27,28)25-9-7-24(8-10-25)13-20(26)23-16-4-5-17(21)18(22)12-16/h3-6,11-12H,7-10,13H2,1-2H3,(H,23,26). The van der Waals surface area contributed by atoms with Crippen LogP contribution in [0.25, 0.3) is 0 Å². The lowest BCUT2D eigenvalue weighted by atomic mass is 10.2. The molecule has 0 bridgehead atoms. The van der Waals surface area contributed by atoms with Gasteiger partial charge in [-0.3, -0.25) is 9.69 Å². The monoisotopic (exact) mass is 423 g/mol. The summed E-state index contributed by atoms with van der Waals surface area (Å²) in [6.45, 7) is 5.07. The Bertz CT molecular complexity index is 1020. The quantitative estimate of drug-likeness (QED) is 0.803. The Hall–Kier alpha value is -2.36. The lowest BCUT2D eigenvalue weighted by molar-refractivity contribution is -0.117. The number of aryl methyl sites for hydroxylation is 2. The predicted molar refractivity (Wildman–Crippen MR) is 106 cm³/mol. The molecular formula is C20H23F2N3O3S. The second kappa shape index (κ2) is 8.56. The van der Waals surface area contributed by atoms with Crippen LogP contribution in [0.2, 0.25) is 0 Å². The number of amides is 1. The summed E-state index contributed by atoms with van der Waals surface area (Å²) in [5, 5.41) is 2.52. The van der Waals surface area contributed by atoms with Crippen LogP contribution in [0.1, 0.15) is 11.1 Å².